The molecule has 1 fully saturated rings. The molecule has 1 heterocycles. The number of rotatable bonds is 5. The molecule has 0 spiro atoms. The van der Waals surface area contributed by atoms with E-state index in [1.807, 2.05) is 19.1 Å². The minimum Gasteiger partial charge on any atom is -0.352 e. The molecule has 0 bridgehead atoms. The standard InChI is InChI=1S/C16H25N3O/c1-12(14-8-10-17-11-9-14)18-13(2)16(20)19-15-6-4-3-5-7-15/h8-13,15,18H,3-7H2,1-2H3,(H,19,20)/t12-,13?/m0/s1. The van der Waals surface area contributed by atoms with E-state index in [9.17, 15) is 4.79 Å². The summed E-state index contributed by atoms with van der Waals surface area (Å²) in [7, 11) is 0. The van der Waals surface area contributed by atoms with E-state index in [1.54, 1.807) is 12.4 Å². The number of amides is 1. The Morgan fingerprint density at radius 2 is 1.85 bits per heavy atom. The van der Waals surface area contributed by atoms with Crippen LogP contribution in [0.5, 0.6) is 0 Å². The van der Waals surface area contributed by atoms with Crippen LogP contribution in [0.4, 0.5) is 0 Å². The molecule has 1 aliphatic carbocycles. The van der Waals surface area contributed by atoms with Crippen molar-refractivity contribution in [1.82, 2.24) is 15.6 Å². The van der Waals surface area contributed by atoms with Crippen molar-refractivity contribution >= 4 is 5.91 Å². The summed E-state index contributed by atoms with van der Waals surface area (Å²) in [6.45, 7) is 4.00. The zero-order valence-corrected chi connectivity index (χ0v) is 12.4. The molecule has 0 saturated heterocycles. The molecule has 1 amide bonds. The van der Waals surface area contributed by atoms with Crippen molar-refractivity contribution in [1.29, 1.82) is 0 Å². The molecule has 0 aliphatic heterocycles. The SMILES string of the molecule is CC(N[C@@H](C)c1ccncc1)C(=O)NC1CCCCC1. The molecule has 2 rings (SSSR count). The maximum absolute atomic E-state index is 12.2. The summed E-state index contributed by atoms with van der Waals surface area (Å²) in [6, 6.07) is 4.29. The van der Waals surface area contributed by atoms with Gasteiger partial charge in [0.1, 0.15) is 0 Å². The molecular weight excluding hydrogens is 250 g/mol. The van der Waals surface area contributed by atoms with E-state index in [2.05, 4.69) is 22.5 Å². The summed E-state index contributed by atoms with van der Waals surface area (Å²) >= 11 is 0. The van der Waals surface area contributed by atoms with Crippen molar-refractivity contribution in [2.75, 3.05) is 0 Å². The number of hydrogen-bond donors (Lipinski definition) is 2. The highest BCUT2D eigenvalue weighted by molar-refractivity contribution is 5.81. The second-order valence-corrected chi connectivity index (χ2v) is 5.73. The maximum Gasteiger partial charge on any atom is 0.237 e. The summed E-state index contributed by atoms with van der Waals surface area (Å²) in [4.78, 5) is 16.2. The lowest BCUT2D eigenvalue weighted by Crippen LogP contribution is -2.47. The van der Waals surface area contributed by atoms with Crippen LogP contribution in [0, 0.1) is 0 Å². The Morgan fingerprint density at radius 3 is 2.50 bits per heavy atom. The zero-order chi connectivity index (χ0) is 14.4. The summed E-state index contributed by atoms with van der Waals surface area (Å²) in [5.41, 5.74) is 1.15. The smallest absolute Gasteiger partial charge is 0.237 e. The first kappa shape index (κ1) is 15.0. The number of carbonyl (C=O) groups excluding carboxylic acids is 1. The first-order valence-corrected chi connectivity index (χ1v) is 7.63. The second-order valence-electron chi connectivity index (χ2n) is 5.73. The zero-order valence-electron chi connectivity index (χ0n) is 12.4. The number of nitrogens with zero attached hydrogens (tertiary/aromatic N) is 1. The third-order valence-corrected chi connectivity index (χ3v) is 4.05. The Morgan fingerprint density at radius 1 is 1.20 bits per heavy atom. The fourth-order valence-corrected chi connectivity index (χ4v) is 2.77. The average molecular weight is 275 g/mol. The Labute approximate surface area is 121 Å². The summed E-state index contributed by atoms with van der Waals surface area (Å²) < 4.78 is 0. The average Bonchev–Trinajstić information content (AvgIpc) is 2.49. The minimum absolute atomic E-state index is 0.109. The molecule has 1 aliphatic rings. The number of hydrogen-bond acceptors (Lipinski definition) is 3. The summed E-state index contributed by atoms with van der Waals surface area (Å²) in [6.07, 6.45) is 9.58. The predicted molar refractivity (Wildman–Crippen MR) is 80.3 cm³/mol. The van der Waals surface area contributed by atoms with Crippen LogP contribution in [-0.2, 0) is 4.79 Å². The molecule has 2 N–H and O–H groups in total. The lowest BCUT2D eigenvalue weighted by atomic mass is 9.95. The lowest BCUT2D eigenvalue weighted by Gasteiger charge is -2.26. The van der Waals surface area contributed by atoms with Crippen LogP contribution in [0.1, 0.15) is 57.6 Å². The van der Waals surface area contributed by atoms with Gasteiger partial charge in [-0.3, -0.25) is 15.1 Å². The lowest BCUT2D eigenvalue weighted by molar-refractivity contribution is -0.123. The molecule has 1 saturated carbocycles. The second kappa shape index (κ2) is 7.39. The van der Waals surface area contributed by atoms with E-state index >= 15 is 0 Å². The van der Waals surface area contributed by atoms with Gasteiger partial charge >= 0.3 is 0 Å². The van der Waals surface area contributed by atoms with Crippen molar-refractivity contribution in [3.05, 3.63) is 30.1 Å². The highest BCUT2D eigenvalue weighted by Crippen LogP contribution is 2.17. The van der Waals surface area contributed by atoms with Gasteiger partial charge in [-0.25, -0.2) is 0 Å². The van der Waals surface area contributed by atoms with Crippen LogP contribution < -0.4 is 10.6 Å². The predicted octanol–water partition coefficient (Wildman–Crippen LogP) is 2.57. The molecule has 1 aromatic heterocycles. The van der Waals surface area contributed by atoms with Crippen LogP contribution in [0.15, 0.2) is 24.5 Å². The molecule has 1 aromatic rings. The molecule has 20 heavy (non-hydrogen) atoms. The van der Waals surface area contributed by atoms with Crippen molar-refractivity contribution in [3.63, 3.8) is 0 Å². The van der Waals surface area contributed by atoms with E-state index in [0.717, 1.165) is 18.4 Å². The molecule has 4 nitrogen and oxygen atoms in total. The Kier molecular flexibility index (Phi) is 5.53. The first-order chi connectivity index (χ1) is 9.66. The van der Waals surface area contributed by atoms with Gasteiger partial charge < -0.3 is 5.32 Å². The highest BCUT2D eigenvalue weighted by Gasteiger charge is 2.20. The van der Waals surface area contributed by atoms with Gasteiger partial charge in [-0.05, 0) is 44.4 Å². The van der Waals surface area contributed by atoms with Crippen molar-refractivity contribution in [3.8, 4) is 0 Å². The summed E-state index contributed by atoms with van der Waals surface area (Å²) in [5.74, 6) is 0.109. The van der Waals surface area contributed by atoms with E-state index in [1.165, 1.54) is 19.3 Å². The van der Waals surface area contributed by atoms with Gasteiger partial charge in [0.25, 0.3) is 0 Å². The normalized spacial score (nSPS) is 19.3. The van der Waals surface area contributed by atoms with Crippen LogP contribution in [0.25, 0.3) is 0 Å². The third-order valence-electron chi connectivity index (χ3n) is 4.05. The number of aromatic nitrogens is 1. The molecule has 4 heteroatoms. The molecule has 0 radical (unpaired) electrons. The van der Waals surface area contributed by atoms with Crippen LogP contribution >= 0.6 is 0 Å². The molecule has 1 unspecified atom stereocenters. The van der Waals surface area contributed by atoms with Crippen molar-refractivity contribution in [2.24, 2.45) is 0 Å². The quantitative estimate of drug-likeness (QED) is 0.868. The molecular formula is C16H25N3O. The number of carbonyl (C=O) groups is 1. The topological polar surface area (TPSA) is 54.0 Å². The fraction of sp³-hybridized carbons (Fsp3) is 0.625. The highest BCUT2D eigenvalue weighted by atomic mass is 16.2. The van der Waals surface area contributed by atoms with Crippen LogP contribution in [-0.4, -0.2) is 23.0 Å². The minimum atomic E-state index is -0.180. The van der Waals surface area contributed by atoms with Crippen LogP contribution in [0.3, 0.4) is 0 Å². The number of pyridine rings is 1. The van der Waals surface area contributed by atoms with E-state index in [-0.39, 0.29) is 18.0 Å². The van der Waals surface area contributed by atoms with Gasteiger partial charge in [0.2, 0.25) is 5.91 Å². The van der Waals surface area contributed by atoms with Gasteiger partial charge in [0.05, 0.1) is 6.04 Å². The molecule has 0 aromatic carbocycles. The summed E-state index contributed by atoms with van der Waals surface area (Å²) in [5, 5.41) is 6.51. The first-order valence-electron chi connectivity index (χ1n) is 7.63. The fourth-order valence-electron chi connectivity index (χ4n) is 2.77. The Bertz CT molecular complexity index is 415. The molecule has 110 valence electrons. The maximum atomic E-state index is 12.2. The number of nitrogens with one attached hydrogen (secondary N) is 2. The molecule has 2 atom stereocenters. The van der Waals surface area contributed by atoms with Gasteiger partial charge in [-0.15, -0.1) is 0 Å². The largest absolute Gasteiger partial charge is 0.352 e. The van der Waals surface area contributed by atoms with Gasteiger partial charge in [0, 0.05) is 24.5 Å². The van der Waals surface area contributed by atoms with Crippen molar-refractivity contribution < 1.29 is 4.79 Å². The van der Waals surface area contributed by atoms with Gasteiger partial charge in [-0.1, -0.05) is 19.3 Å². The van der Waals surface area contributed by atoms with Gasteiger partial charge in [-0.2, -0.15) is 0 Å². The van der Waals surface area contributed by atoms with E-state index in [0.29, 0.717) is 6.04 Å². The monoisotopic (exact) mass is 275 g/mol. The van der Waals surface area contributed by atoms with Gasteiger partial charge in [0.15, 0.2) is 0 Å². The third kappa shape index (κ3) is 4.30. The van der Waals surface area contributed by atoms with E-state index in [4.69, 9.17) is 0 Å². The van der Waals surface area contributed by atoms with Crippen molar-refractivity contribution in [2.45, 2.75) is 64.1 Å². The Balaban J connectivity index is 1.81. The van der Waals surface area contributed by atoms with Crippen LogP contribution in [0.2, 0.25) is 0 Å². The van der Waals surface area contributed by atoms with E-state index < -0.39 is 0 Å². The Hall–Kier alpha value is -1.42.